The summed E-state index contributed by atoms with van der Waals surface area (Å²) in [5.41, 5.74) is 3.09. The fraction of sp³-hybridized carbons (Fsp3) is 0.278. The first-order valence-electron chi connectivity index (χ1n) is 8.03. The standard InChI is InChI=1S/C18H18N4O2/c1-11-21-15-8-13(10-19-17(15)22-11)18(23)20-9-12-6-7-24-16-5-3-2-4-14(12)16/h2-5,8,10,12H,6-7,9H2,1H3,(H,20,23)(H,19,21,22)/t12-/m0/s1. The van der Waals surface area contributed by atoms with Gasteiger partial charge in [-0.1, -0.05) is 18.2 Å². The van der Waals surface area contributed by atoms with E-state index < -0.39 is 0 Å². The number of hydrogen-bond donors (Lipinski definition) is 2. The molecular formula is C18H18N4O2. The molecule has 0 saturated carbocycles. The van der Waals surface area contributed by atoms with Gasteiger partial charge in [-0.3, -0.25) is 4.79 Å². The molecule has 3 aromatic rings. The highest BCUT2D eigenvalue weighted by atomic mass is 16.5. The van der Waals surface area contributed by atoms with Gasteiger partial charge in [0, 0.05) is 18.7 Å². The Hall–Kier alpha value is -2.89. The van der Waals surface area contributed by atoms with Crippen LogP contribution in [-0.2, 0) is 0 Å². The molecule has 2 N–H and O–H groups in total. The number of imidazole rings is 1. The van der Waals surface area contributed by atoms with Crippen molar-refractivity contribution in [2.75, 3.05) is 13.2 Å². The molecule has 4 rings (SSSR count). The number of H-pyrrole nitrogens is 1. The van der Waals surface area contributed by atoms with E-state index in [-0.39, 0.29) is 11.8 Å². The van der Waals surface area contributed by atoms with Crippen molar-refractivity contribution in [2.24, 2.45) is 0 Å². The van der Waals surface area contributed by atoms with Crippen LogP contribution >= 0.6 is 0 Å². The van der Waals surface area contributed by atoms with E-state index in [9.17, 15) is 4.79 Å². The van der Waals surface area contributed by atoms with Crippen LogP contribution in [-0.4, -0.2) is 34.0 Å². The summed E-state index contributed by atoms with van der Waals surface area (Å²) in [7, 11) is 0. The molecule has 122 valence electrons. The highest BCUT2D eigenvalue weighted by Gasteiger charge is 2.21. The van der Waals surface area contributed by atoms with Gasteiger partial charge in [-0.05, 0) is 31.0 Å². The van der Waals surface area contributed by atoms with E-state index in [1.807, 2.05) is 25.1 Å². The zero-order valence-electron chi connectivity index (χ0n) is 13.4. The number of rotatable bonds is 3. The van der Waals surface area contributed by atoms with Crippen LogP contribution in [0.4, 0.5) is 0 Å². The van der Waals surface area contributed by atoms with E-state index >= 15 is 0 Å². The van der Waals surface area contributed by atoms with E-state index in [1.54, 1.807) is 12.3 Å². The van der Waals surface area contributed by atoms with Crippen molar-refractivity contribution in [3.8, 4) is 5.75 Å². The van der Waals surface area contributed by atoms with Gasteiger partial charge in [-0.15, -0.1) is 0 Å². The second kappa shape index (κ2) is 5.96. The van der Waals surface area contributed by atoms with Gasteiger partial charge in [0.2, 0.25) is 0 Å². The molecule has 0 aliphatic carbocycles. The Morgan fingerprint density at radius 2 is 2.29 bits per heavy atom. The van der Waals surface area contributed by atoms with E-state index in [0.717, 1.165) is 29.1 Å². The number of nitrogens with one attached hydrogen (secondary N) is 2. The number of aromatic amines is 1. The van der Waals surface area contributed by atoms with Crippen LogP contribution in [0.25, 0.3) is 11.2 Å². The lowest BCUT2D eigenvalue weighted by Crippen LogP contribution is -2.30. The third-order valence-corrected chi connectivity index (χ3v) is 4.31. The summed E-state index contributed by atoms with van der Waals surface area (Å²) >= 11 is 0. The van der Waals surface area contributed by atoms with Gasteiger partial charge in [0.1, 0.15) is 11.6 Å². The first-order chi connectivity index (χ1) is 11.7. The number of benzene rings is 1. The molecule has 0 bridgehead atoms. The number of carbonyl (C=O) groups excluding carboxylic acids is 1. The Balaban J connectivity index is 1.48. The first kappa shape index (κ1) is 14.7. The van der Waals surface area contributed by atoms with Gasteiger partial charge < -0.3 is 15.0 Å². The van der Waals surface area contributed by atoms with Crippen molar-refractivity contribution in [2.45, 2.75) is 19.3 Å². The van der Waals surface area contributed by atoms with Crippen molar-refractivity contribution in [1.29, 1.82) is 0 Å². The van der Waals surface area contributed by atoms with Crippen molar-refractivity contribution in [1.82, 2.24) is 20.3 Å². The molecule has 1 aliphatic heterocycles. The minimum atomic E-state index is -0.124. The van der Waals surface area contributed by atoms with E-state index in [2.05, 4.69) is 26.3 Å². The molecule has 2 aromatic heterocycles. The normalized spacial score (nSPS) is 16.5. The van der Waals surface area contributed by atoms with Crippen LogP contribution in [0.5, 0.6) is 5.75 Å². The minimum absolute atomic E-state index is 0.124. The van der Waals surface area contributed by atoms with Gasteiger partial charge >= 0.3 is 0 Å². The number of pyridine rings is 1. The summed E-state index contributed by atoms with van der Waals surface area (Å²) in [6.07, 6.45) is 2.46. The molecule has 0 saturated heterocycles. The summed E-state index contributed by atoms with van der Waals surface area (Å²) in [5.74, 6) is 1.85. The van der Waals surface area contributed by atoms with Crippen molar-refractivity contribution < 1.29 is 9.53 Å². The summed E-state index contributed by atoms with van der Waals surface area (Å²) in [5, 5.41) is 3.01. The maximum atomic E-state index is 12.4. The van der Waals surface area contributed by atoms with Gasteiger partial charge in [-0.2, -0.15) is 0 Å². The minimum Gasteiger partial charge on any atom is -0.493 e. The number of amides is 1. The zero-order valence-corrected chi connectivity index (χ0v) is 13.4. The number of hydrogen-bond acceptors (Lipinski definition) is 4. The predicted molar refractivity (Wildman–Crippen MR) is 90.3 cm³/mol. The summed E-state index contributed by atoms with van der Waals surface area (Å²) in [4.78, 5) is 24.0. The topological polar surface area (TPSA) is 79.9 Å². The van der Waals surface area contributed by atoms with Gasteiger partial charge in [0.15, 0.2) is 5.65 Å². The highest BCUT2D eigenvalue weighted by Crippen LogP contribution is 2.32. The van der Waals surface area contributed by atoms with Crippen LogP contribution in [0.15, 0.2) is 36.5 Å². The Morgan fingerprint density at radius 3 is 3.21 bits per heavy atom. The number of ether oxygens (including phenoxy) is 1. The lowest BCUT2D eigenvalue weighted by atomic mass is 9.93. The van der Waals surface area contributed by atoms with Crippen molar-refractivity contribution in [3.63, 3.8) is 0 Å². The van der Waals surface area contributed by atoms with Crippen LogP contribution in [0, 0.1) is 6.92 Å². The molecule has 1 aromatic carbocycles. The first-order valence-corrected chi connectivity index (χ1v) is 8.03. The second-order valence-corrected chi connectivity index (χ2v) is 6.00. The third-order valence-electron chi connectivity index (χ3n) is 4.31. The maximum absolute atomic E-state index is 12.4. The van der Waals surface area contributed by atoms with Crippen LogP contribution in [0.2, 0.25) is 0 Å². The molecule has 3 heterocycles. The fourth-order valence-electron chi connectivity index (χ4n) is 3.09. The zero-order chi connectivity index (χ0) is 16.5. The van der Waals surface area contributed by atoms with Crippen molar-refractivity contribution in [3.05, 3.63) is 53.5 Å². The quantitative estimate of drug-likeness (QED) is 0.776. The number of para-hydroxylation sites is 1. The number of nitrogens with zero attached hydrogens (tertiary/aromatic N) is 2. The van der Waals surface area contributed by atoms with Gasteiger partial charge in [-0.25, -0.2) is 9.97 Å². The molecule has 0 unspecified atom stereocenters. The third kappa shape index (κ3) is 2.71. The molecule has 1 aliphatic rings. The summed E-state index contributed by atoms with van der Waals surface area (Å²) in [6, 6.07) is 9.79. The molecule has 1 amide bonds. The molecular weight excluding hydrogens is 304 g/mol. The van der Waals surface area contributed by atoms with Crippen LogP contribution in [0.3, 0.4) is 0 Å². The SMILES string of the molecule is Cc1nc2ncc(C(=O)NC[C@@H]3CCOc4ccccc43)cc2[nH]1. The highest BCUT2D eigenvalue weighted by molar-refractivity contribution is 5.96. The van der Waals surface area contributed by atoms with Crippen LogP contribution < -0.4 is 10.1 Å². The summed E-state index contributed by atoms with van der Waals surface area (Å²) < 4.78 is 5.66. The predicted octanol–water partition coefficient (Wildman–Crippen LogP) is 2.56. The molecule has 6 heteroatoms. The Morgan fingerprint density at radius 1 is 1.42 bits per heavy atom. The lowest BCUT2D eigenvalue weighted by molar-refractivity contribution is 0.0948. The average molecular weight is 322 g/mol. The molecule has 0 fully saturated rings. The molecule has 1 atom stereocenters. The second-order valence-electron chi connectivity index (χ2n) is 6.00. The molecule has 6 nitrogen and oxygen atoms in total. The molecule has 0 radical (unpaired) electrons. The fourth-order valence-corrected chi connectivity index (χ4v) is 3.09. The van der Waals surface area contributed by atoms with E-state index in [1.165, 1.54) is 0 Å². The smallest absolute Gasteiger partial charge is 0.252 e. The van der Waals surface area contributed by atoms with E-state index in [4.69, 9.17) is 4.74 Å². The molecule has 24 heavy (non-hydrogen) atoms. The van der Waals surface area contributed by atoms with Gasteiger partial charge in [0.05, 0.1) is 17.7 Å². The van der Waals surface area contributed by atoms with E-state index in [0.29, 0.717) is 24.4 Å². The lowest BCUT2D eigenvalue weighted by Gasteiger charge is -2.26. The largest absolute Gasteiger partial charge is 0.493 e. The van der Waals surface area contributed by atoms with Gasteiger partial charge in [0.25, 0.3) is 5.91 Å². The van der Waals surface area contributed by atoms with Crippen molar-refractivity contribution >= 4 is 17.1 Å². The maximum Gasteiger partial charge on any atom is 0.252 e. The monoisotopic (exact) mass is 322 g/mol. The Labute approximate surface area is 139 Å². The number of aromatic nitrogens is 3. The number of aryl methyl sites for hydroxylation is 1. The Kier molecular flexibility index (Phi) is 3.65. The average Bonchev–Trinajstić information content (AvgIpc) is 2.98. The summed E-state index contributed by atoms with van der Waals surface area (Å²) in [6.45, 7) is 3.13. The Bertz CT molecular complexity index is 903. The van der Waals surface area contributed by atoms with Crippen LogP contribution in [0.1, 0.15) is 34.1 Å². The number of fused-ring (bicyclic) bond motifs is 2. The number of carbonyl (C=O) groups is 1. The molecule has 0 spiro atoms.